The molecule has 3 rings (SSSR count). The van der Waals surface area contributed by atoms with Crippen molar-refractivity contribution in [3.05, 3.63) is 73.1 Å². The van der Waals surface area contributed by atoms with Crippen molar-refractivity contribution in [1.29, 1.82) is 0 Å². The highest BCUT2D eigenvalue weighted by Gasteiger charge is 2.08. The molecule has 1 heterocycles. The maximum absolute atomic E-state index is 11.2. The average Bonchev–Trinajstić information content (AvgIpc) is 3.28. The summed E-state index contributed by atoms with van der Waals surface area (Å²) in [4.78, 5) is 11.2. The summed E-state index contributed by atoms with van der Waals surface area (Å²) in [7, 11) is 0. The number of urea groups is 1. The molecule has 0 fully saturated rings. The van der Waals surface area contributed by atoms with Crippen molar-refractivity contribution >= 4 is 24.5 Å². The van der Waals surface area contributed by atoms with E-state index in [1.165, 1.54) is 0 Å². The van der Waals surface area contributed by atoms with Crippen LogP contribution >= 0.6 is 12.8 Å². The lowest BCUT2D eigenvalue weighted by Crippen LogP contribution is -2.27. The van der Waals surface area contributed by atoms with Gasteiger partial charge in [0.15, 0.2) is 0 Å². The van der Waals surface area contributed by atoms with Gasteiger partial charge in [0.2, 0.25) is 0 Å². The fourth-order valence-electron chi connectivity index (χ4n) is 2.81. The van der Waals surface area contributed by atoms with E-state index in [-0.39, 0.29) is 0 Å². The molecular formula is C22H25N3O3S. The minimum Gasteiger partial charge on any atom is -0.494 e. The number of thiol groups is 1. The van der Waals surface area contributed by atoms with Crippen LogP contribution in [-0.2, 0) is 0 Å². The third-order valence-electron chi connectivity index (χ3n) is 4.34. The summed E-state index contributed by atoms with van der Waals surface area (Å²) >= 11 is 4.05. The third kappa shape index (κ3) is 6.22. The van der Waals surface area contributed by atoms with E-state index in [0.29, 0.717) is 24.7 Å². The summed E-state index contributed by atoms with van der Waals surface area (Å²) in [6.45, 7) is 1.27. The predicted octanol–water partition coefficient (Wildman–Crippen LogP) is 4.84. The van der Waals surface area contributed by atoms with Crippen molar-refractivity contribution in [3.63, 3.8) is 0 Å². The first-order valence-corrected chi connectivity index (χ1v) is 9.91. The van der Waals surface area contributed by atoms with Crippen LogP contribution < -0.4 is 19.5 Å². The number of aromatic nitrogens is 1. The van der Waals surface area contributed by atoms with Crippen LogP contribution in [0.5, 0.6) is 11.5 Å². The molecule has 29 heavy (non-hydrogen) atoms. The Kier molecular flexibility index (Phi) is 7.47. The van der Waals surface area contributed by atoms with Crippen LogP contribution in [0, 0.1) is 0 Å². The Morgan fingerprint density at radius 2 is 1.55 bits per heavy atom. The third-order valence-corrected chi connectivity index (χ3v) is 4.76. The van der Waals surface area contributed by atoms with Crippen LogP contribution in [0.15, 0.2) is 73.1 Å². The van der Waals surface area contributed by atoms with Gasteiger partial charge in [-0.15, -0.1) is 0 Å². The Morgan fingerprint density at radius 1 is 0.897 bits per heavy atom. The number of hydrogen-bond acceptors (Lipinski definition) is 4. The van der Waals surface area contributed by atoms with Gasteiger partial charge < -0.3 is 19.8 Å². The average molecular weight is 412 g/mol. The Labute approximate surface area is 176 Å². The van der Waals surface area contributed by atoms with E-state index >= 15 is 0 Å². The molecule has 0 radical (unpaired) electrons. The van der Waals surface area contributed by atoms with Gasteiger partial charge in [0.25, 0.3) is 0 Å². The van der Waals surface area contributed by atoms with Crippen molar-refractivity contribution in [1.82, 2.24) is 4.57 Å². The van der Waals surface area contributed by atoms with E-state index in [9.17, 15) is 4.79 Å². The summed E-state index contributed by atoms with van der Waals surface area (Å²) < 4.78 is 14.7. The molecule has 2 aromatic carbocycles. The van der Waals surface area contributed by atoms with Crippen LogP contribution in [0.4, 0.5) is 10.5 Å². The van der Waals surface area contributed by atoms with Crippen LogP contribution in [0.2, 0.25) is 0 Å². The van der Waals surface area contributed by atoms with E-state index in [2.05, 4.69) is 17.4 Å². The molecule has 3 aromatic rings. The highest BCUT2D eigenvalue weighted by molar-refractivity contribution is 7.82. The largest absolute Gasteiger partial charge is 0.494 e. The van der Waals surface area contributed by atoms with Crippen molar-refractivity contribution < 1.29 is 14.3 Å². The van der Waals surface area contributed by atoms with Gasteiger partial charge in [-0.3, -0.25) is 0 Å². The Morgan fingerprint density at radius 3 is 2.21 bits per heavy atom. The monoisotopic (exact) mass is 411 g/mol. The second kappa shape index (κ2) is 10.5. The van der Waals surface area contributed by atoms with E-state index in [0.717, 1.165) is 35.0 Å². The number of rotatable bonds is 10. The van der Waals surface area contributed by atoms with Crippen LogP contribution in [-0.4, -0.2) is 23.8 Å². The molecule has 0 saturated carbocycles. The summed E-state index contributed by atoms with van der Waals surface area (Å²) in [6.07, 6.45) is 6.90. The Balaban J connectivity index is 1.31. The zero-order valence-electron chi connectivity index (χ0n) is 16.1. The number of unbranched alkanes of at least 4 members (excludes halogenated alkanes) is 2. The molecule has 1 aromatic heterocycles. The van der Waals surface area contributed by atoms with Crippen LogP contribution in [0.1, 0.15) is 19.3 Å². The van der Waals surface area contributed by atoms with E-state index in [4.69, 9.17) is 15.2 Å². The van der Waals surface area contributed by atoms with Crippen molar-refractivity contribution in [2.75, 3.05) is 17.5 Å². The lowest BCUT2D eigenvalue weighted by molar-refractivity contribution is 0.257. The van der Waals surface area contributed by atoms with Gasteiger partial charge >= 0.3 is 6.03 Å². The molecule has 2 amide bonds. The quantitative estimate of drug-likeness (QED) is 0.371. The molecule has 6 nitrogen and oxygen atoms in total. The number of amides is 2. The summed E-state index contributed by atoms with van der Waals surface area (Å²) in [5.74, 6) is 1.56. The SMILES string of the molecule is NC(=O)N(S)c1cccc(OCCCCCOc2ccc(-n3cccc3)cc2)c1. The molecule has 0 atom stereocenters. The highest BCUT2D eigenvalue weighted by atomic mass is 32.1. The first-order chi connectivity index (χ1) is 14.1. The van der Waals surface area contributed by atoms with E-state index in [1.807, 2.05) is 54.9 Å². The molecule has 0 aliphatic heterocycles. The second-order valence-electron chi connectivity index (χ2n) is 6.49. The topological polar surface area (TPSA) is 69.7 Å². The Hall–Kier alpha value is -3.06. The molecule has 0 aliphatic carbocycles. The second-order valence-corrected chi connectivity index (χ2v) is 6.89. The number of anilines is 1. The number of benzene rings is 2. The predicted molar refractivity (Wildman–Crippen MR) is 118 cm³/mol. The number of primary amides is 1. The summed E-state index contributed by atoms with van der Waals surface area (Å²) in [5.41, 5.74) is 6.90. The molecule has 0 bridgehead atoms. The zero-order chi connectivity index (χ0) is 20.5. The number of carbonyl (C=O) groups is 1. The lowest BCUT2D eigenvalue weighted by atomic mass is 10.2. The van der Waals surface area contributed by atoms with E-state index < -0.39 is 6.03 Å². The van der Waals surface area contributed by atoms with Gasteiger partial charge in [0, 0.05) is 24.1 Å². The van der Waals surface area contributed by atoms with Crippen LogP contribution in [0.3, 0.4) is 0 Å². The van der Waals surface area contributed by atoms with Crippen LogP contribution in [0.25, 0.3) is 5.69 Å². The molecule has 2 N–H and O–H groups in total. The molecule has 0 saturated heterocycles. The first-order valence-electron chi connectivity index (χ1n) is 9.51. The van der Waals surface area contributed by atoms with Gasteiger partial charge in [0.1, 0.15) is 11.5 Å². The van der Waals surface area contributed by atoms with Gasteiger partial charge in [-0.05, 0) is 67.8 Å². The zero-order valence-corrected chi connectivity index (χ0v) is 17.0. The lowest BCUT2D eigenvalue weighted by Gasteiger charge is -2.14. The minimum absolute atomic E-state index is 0.578. The molecule has 152 valence electrons. The number of carbonyl (C=O) groups excluding carboxylic acids is 1. The number of hydrogen-bond donors (Lipinski definition) is 2. The fourth-order valence-corrected chi connectivity index (χ4v) is 2.94. The first kappa shape index (κ1) is 20.7. The van der Waals surface area contributed by atoms with Gasteiger partial charge in [-0.2, -0.15) is 0 Å². The normalized spacial score (nSPS) is 10.5. The summed E-state index contributed by atoms with van der Waals surface area (Å²) in [6, 6.07) is 18.5. The standard InChI is InChI=1S/C22H25N3O3S/c23-22(26)25(29)19-7-6-8-21(17-19)28-16-5-1-4-15-27-20-11-9-18(10-12-20)24-13-2-3-14-24/h2-3,6-14,17,29H,1,4-5,15-16H2,(H2,23,26). The molecule has 0 aliphatic rings. The van der Waals surface area contributed by atoms with Gasteiger partial charge in [-0.1, -0.05) is 18.9 Å². The van der Waals surface area contributed by atoms with Gasteiger partial charge in [-0.25, -0.2) is 9.10 Å². The highest BCUT2D eigenvalue weighted by Crippen LogP contribution is 2.22. The number of ether oxygens (including phenoxy) is 2. The molecular weight excluding hydrogens is 386 g/mol. The molecule has 0 unspecified atom stereocenters. The number of nitrogens with zero attached hydrogens (tertiary/aromatic N) is 2. The van der Waals surface area contributed by atoms with Crippen molar-refractivity contribution in [2.45, 2.75) is 19.3 Å². The smallest absolute Gasteiger partial charge is 0.329 e. The number of nitrogens with two attached hydrogens (primary N) is 1. The summed E-state index contributed by atoms with van der Waals surface area (Å²) in [5, 5.41) is 0. The van der Waals surface area contributed by atoms with Gasteiger partial charge in [0.05, 0.1) is 18.9 Å². The maximum atomic E-state index is 11.2. The Bertz CT molecular complexity index is 898. The van der Waals surface area contributed by atoms with Crippen molar-refractivity contribution in [3.8, 4) is 17.2 Å². The fraction of sp³-hybridized carbons (Fsp3) is 0.227. The van der Waals surface area contributed by atoms with E-state index in [1.54, 1.807) is 18.2 Å². The van der Waals surface area contributed by atoms with Crippen molar-refractivity contribution in [2.24, 2.45) is 5.73 Å². The maximum Gasteiger partial charge on any atom is 0.329 e. The molecule has 0 spiro atoms. The minimum atomic E-state index is -0.634. The molecule has 7 heteroatoms.